The third-order valence-electron chi connectivity index (χ3n) is 7.14. The highest BCUT2D eigenvalue weighted by Crippen LogP contribution is 2.26. The second-order valence-electron chi connectivity index (χ2n) is 11.1. The molecule has 51 heavy (non-hydrogen) atoms. The van der Waals surface area contributed by atoms with E-state index < -0.39 is 23.9 Å². The molecule has 0 atom stereocenters. The SMILES string of the molecule is C=CC(=O)OOCCCCCCOc1ccc(C(=O)Oc2ccc(OC(=O)c3ccc(OCCCCCCOOC(=O)C=C)cc3)c(C)c2)cc1. The Balaban J connectivity index is 1.33. The Morgan fingerprint density at radius 2 is 0.941 bits per heavy atom. The van der Waals surface area contributed by atoms with Gasteiger partial charge in [-0.15, -0.1) is 0 Å². The summed E-state index contributed by atoms with van der Waals surface area (Å²) >= 11 is 0. The van der Waals surface area contributed by atoms with E-state index in [1.54, 1.807) is 73.7 Å². The summed E-state index contributed by atoms with van der Waals surface area (Å²) in [5.74, 6) is -0.372. The molecule has 0 heterocycles. The van der Waals surface area contributed by atoms with Gasteiger partial charge >= 0.3 is 23.9 Å². The Bertz CT molecular complexity index is 1560. The topological polar surface area (TPSA) is 142 Å². The highest BCUT2D eigenvalue weighted by Gasteiger charge is 2.14. The Hall–Kier alpha value is -5.46. The molecule has 0 radical (unpaired) electrons. The molecule has 12 heteroatoms. The smallest absolute Gasteiger partial charge is 0.365 e. The molecule has 0 N–H and O–H groups in total. The minimum absolute atomic E-state index is 0.311. The first kappa shape index (κ1) is 40.0. The van der Waals surface area contributed by atoms with Crippen LogP contribution in [0.2, 0.25) is 0 Å². The number of rotatable bonds is 24. The van der Waals surface area contributed by atoms with Crippen molar-refractivity contribution in [3.05, 3.63) is 109 Å². The van der Waals surface area contributed by atoms with E-state index in [0.717, 1.165) is 63.5 Å². The summed E-state index contributed by atoms with van der Waals surface area (Å²) in [7, 11) is 0. The van der Waals surface area contributed by atoms with E-state index in [2.05, 4.69) is 22.9 Å². The Morgan fingerprint density at radius 3 is 1.37 bits per heavy atom. The lowest BCUT2D eigenvalue weighted by Crippen LogP contribution is -2.10. The Morgan fingerprint density at radius 1 is 0.529 bits per heavy atom. The zero-order chi connectivity index (χ0) is 36.7. The van der Waals surface area contributed by atoms with Gasteiger partial charge in [-0.25, -0.2) is 19.2 Å². The molecule has 3 rings (SSSR count). The van der Waals surface area contributed by atoms with Crippen LogP contribution in [0.5, 0.6) is 23.0 Å². The van der Waals surface area contributed by atoms with Crippen LogP contribution in [0.25, 0.3) is 0 Å². The molecule has 272 valence electrons. The predicted molar refractivity (Wildman–Crippen MR) is 186 cm³/mol. The van der Waals surface area contributed by atoms with Gasteiger partial charge in [-0.05, 0) is 118 Å². The first-order chi connectivity index (χ1) is 24.8. The fraction of sp³-hybridized carbons (Fsp3) is 0.333. The Kier molecular flexibility index (Phi) is 18.1. The summed E-state index contributed by atoms with van der Waals surface area (Å²) in [5.41, 5.74) is 1.33. The molecule has 0 aliphatic heterocycles. The number of benzene rings is 3. The van der Waals surface area contributed by atoms with Gasteiger partial charge in [-0.2, -0.15) is 9.78 Å². The molecule has 0 fully saturated rings. The maximum Gasteiger partial charge on any atom is 0.365 e. The van der Waals surface area contributed by atoms with Crippen molar-refractivity contribution in [2.75, 3.05) is 26.4 Å². The van der Waals surface area contributed by atoms with Gasteiger partial charge in [-0.1, -0.05) is 26.0 Å². The van der Waals surface area contributed by atoms with Crippen LogP contribution in [0.15, 0.2) is 92.0 Å². The lowest BCUT2D eigenvalue weighted by Gasteiger charge is -2.11. The van der Waals surface area contributed by atoms with E-state index in [9.17, 15) is 19.2 Å². The molecule has 0 aromatic heterocycles. The van der Waals surface area contributed by atoms with Crippen LogP contribution < -0.4 is 18.9 Å². The van der Waals surface area contributed by atoms with Crippen molar-refractivity contribution < 1.29 is 57.7 Å². The first-order valence-electron chi connectivity index (χ1n) is 16.7. The van der Waals surface area contributed by atoms with Crippen LogP contribution in [0, 0.1) is 6.92 Å². The van der Waals surface area contributed by atoms with Crippen LogP contribution in [0.4, 0.5) is 0 Å². The number of carbonyl (C=O) groups is 4. The summed E-state index contributed by atoms with van der Waals surface area (Å²) in [6, 6.07) is 18.1. The zero-order valence-corrected chi connectivity index (χ0v) is 28.8. The minimum atomic E-state index is -0.615. The second-order valence-corrected chi connectivity index (χ2v) is 11.1. The lowest BCUT2D eigenvalue weighted by atomic mass is 10.2. The van der Waals surface area contributed by atoms with Crippen molar-refractivity contribution in [3.63, 3.8) is 0 Å². The third-order valence-corrected chi connectivity index (χ3v) is 7.14. The molecule has 0 amide bonds. The van der Waals surface area contributed by atoms with Gasteiger partial charge < -0.3 is 18.9 Å². The highest BCUT2D eigenvalue weighted by molar-refractivity contribution is 5.92. The molecule has 0 bridgehead atoms. The molecule has 0 unspecified atom stereocenters. The maximum absolute atomic E-state index is 12.8. The fourth-order valence-electron chi connectivity index (χ4n) is 4.38. The largest absolute Gasteiger partial charge is 0.494 e. The molecule has 0 saturated carbocycles. The van der Waals surface area contributed by atoms with Crippen molar-refractivity contribution in [1.29, 1.82) is 0 Å². The molecule has 3 aromatic rings. The summed E-state index contributed by atoms with van der Waals surface area (Å²) < 4.78 is 22.6. The average molecular weight is 705 g/mol. The van der Waals surface area contributed by atoms with Crippen LogP contribution in [-0.4, -0.2) is 50.3 Å². The van der Waals surface area contributed by atoms with Gasteiger partial charge in [0.1, 0.15) is 23.0 Å². The van der Waals surface area contributed by atoms with Gasteiger partial charge in [-0.3, -0.25) is 9.78 Å². The van der Waals surface area contributed by atoms with Gasteiger partial charge in [0.05, 0.1) is 37.6 Å². The number of unbranched alkanes of at least 4 members (excludes halogenated alkanes) is 6. The molecule has 12 nitrogen and oxygen atoms in total. The van der Waals surface area contributed by atoms with Crippen LogP contribution in [0.1, 0.15) is 77.6 Å². The van der Waals surface area contributed by atoms with Crippen molar-refractivity contribution in [1.82, 2.24) is 0 Å². The summed E-state index contributed by atoms with van der Waals surface area (Å²) in [4.78, 5) is 65.7. The van der Waals surface area contributed by atoms with Gasteiger partial charge in [0.15, 0.2) is 0 Å². The molecule has 0 aliphatic rings. The number of ether oxygens (including phenoxy) is 4. The molecular formula is C39H44O12. The average Bonchev–Trinajstić information content (AvgIpc) is 3.14. The van der Waals surface area contributed by atoms with E-state index in [-0.39, 0.29) is 0 Å². The summed E-state index contributed by atoms with van der Waals surface area (Å²) in [6.45, 7) is 10.0. The van der Waals surface area contributed by atoms with Gasteiger partial charge in [0.2, 0.25) is 0 Å². The van der Waals surface area contributed by atoms with E-state index in [1.807, 2.05) is 0 Å². The maximum atomic E-state index is 12.8. The lowest BCUT2D eigenvalue weighted by molar-refractivity contribution is -0.267. The predicted octanol–water partition coefficient (Wildman–Crippen LogP) is 7.63. The summed E-state index contributed by atoms with van der Waals surface area (Å²) in [5, 5.41) is 0. The fourth-order valence-corrected chi connectivity index (χ4v) is 4.38. The first-order valence-corrected chi connectivity index (χ1v) is 16.7. The molecule has 3 aromatic carbocycles. The van der Waals surface area contributed by atoms with Crippen LogP contribution in [-0.2, 0) is 29.1 Å². The number of hydrogen-bond donors (Lipinski definition) is 0. The third kappa shape index (κ3) is 15.7. The van der Waals surface area contributed by atoms with Gasteiger partial charge in [0.25, 0.3) is 0 Å². The van der Waals surface area contributed by atoms with Crippen LogP contribution in [0.3, 0.4) is 0 Å². The van der Waals surface area contributed by atoms with E-state index >= 15 is 0 Å². The van der Waals surface area contributed by atoms with Crippen molar-refractivity contribution in [2.24, 2.45) is 0 Å². The minimum Gasteiger partial charge on any atom is -0.494 e. The summed E-state index contributed by atoms with van der Waals surface area (Å²) in [6.07, 6.45) is 8.89. The number of hydrogen-bond acceptors (Lipinski definition) is 12. The van der Waals surface area contributed by atoms with Crippen LogP contribution >= 0.6 is 0 Å². The number of carbonyl (C=O) groups excluding carboxylic acids is 4. The van der Waals surface area contributed by atoms with Crippen molar-refractivity contribution in [2.45, 2.75) is 58.3 Å². The molecule has 0 aliphatic carbocycles. The molecule has 0 spiro atoms. The van der Waals surface area contributed by atoms with Crippen molar-refractivity contribution >= 4 is 23.9 Å². The quantitative estimate of drug-likeness (QED) is 0.0226. The monoisotopic (exact) mass is 704 g/mol. The standard InChI is InChI=1S/C39H44O12/c1-4-36(40)50-46-26-12-8-6-10-24-44-32-18-14-30(15-19-32)38(42)48-34-22-23-35(29(3)28-34)49-39(43)31-16-20-33(21-17-31)45-25-11-7-9-13-27-47-51-37(41)5-2/h4-5,14-23,28H,1-2,6-13,24-27H2,3H3. The number of esters is 2. The molecular weight excluding hydrogens is 660 g/mol. The highest BCUT2D eigenvalue weighted by atomic mass is 17.2. The van der Waals surface area contributed by atoms with E-state index in [1.165, 1.54) is 0 Å². The second kappa shape index (κ2) is 23.0. The number of aryl methyl sites for hydroxylation is 1. The zero-order valence-electron chi connectivity index (χ0n) is 28.8. The van der Waals surface area contributed by atoms with E-state index in [4.69, 9.17) is 28.7 Å². The van der Waals surface area contributed by atoms with Gasteiger partial charge in [0, 0.05) is 12.2 Å². The van der Waals surface area contributed by atoms with Crippen molar-refractivity contribution in [3.8, 4) is 23.0 Å². The molecule has 0 saturated heterocycles. The Labute approximate surface area is 297 Å². The normalized spacial score (nSPS) is 10.5. The van der Waals surface area contributed by atoms with E-state index in [0.29, 0.717) is 66.1 Å².